The van der Waals surface area contributed by atoms with Crippen molar-refractivity contribution in [2.75, 3.05) is 26.8 Å². The van der Waals surface area contributed by atoms with Crippen LogP contribution >= 0.6 is 0 Å². The Kier molecular flexibility index (Phi) is 7.74. The van der Waals surface area contributed by atoms with Crippen LogP contribution in [0.15, 0.2) is 54.6 Å². The van der Waals surface area contributed by atoms with Gasteiger partial charge in [-0.25, -0.2) is 8.42 Å². The van der Waals surface area contributed by atoms with E-state index >= 15 is 0 Å². The van der Waals surface area contributed by atoms with E-state index < -0.39 is 9.84 Å². The molecule has 0 spiro atoms. The normalized spacial score (nSPS) is 15.0. The Labute approximate surface area is 178 Å². The first-order valence-corrected chi connectivity index (χ1v) is 12.0. The van der Waals surface area contributed by atoms with Crippen molar-refractivity contribution in [1.29, 1.82) is 0 Å². The number of hydrogen-bond donors (Lipinski definition) is 0. The Balaban J connectivity index is 1.38. The van der Waals surface area contributed by atoms with E-state index in [-0.39, 0.29) is 16.9 Å². The van der Waals surface area contributed by atoms with Crippen LogP contribution in [0.5, 0.6) is 11.5 Å². The van der Waals surface area contributed by atoms with E-state index in [9.17, 15) is 13.2 Å². The van der Waals surface area contributed by atoms with Crippen molar-refractivity contribution in [3.05, 3.63) is 60.2 Å². The molecule has 0 bridgehead atoms. The summed E-state index contributed by atoms with van der Waals surface area (Å²) in [5.74, 6) is 1.64. The molecule has 1 amide bonds. The van der Waals surface area contributed by atoms with E-state index in [1.165, 1.54) is 0 Å². The molecule has 30 heavy (non-hydrogen) atoms. The molecule has 0 radical (unpaired) electrons. The third-order valence-corrected chi connectivity index (χ3v) is 7.60. The van der Waals surface area contributed by atoms with Gasteiger partial charge in [0.1, 0.15) is 11.5 Å². The Morgan fingerprint density at radius 2 is 1.63 bits per heavy atom. The summed E-state index contributed by atoms with van der Waals surface area (Å²) in [7, 11) is -1.59. The van der Waals surface area contributed by atoms with Crippen LogP contribution in [0.1, 0.15) is 31.2 Å². The lowest BCUT2D eigenvalue weighted by Gasteiger charge is -2.32. The van der Waals surface area contributed by atoms with Gasteiger partial charge in [0.2, 0.25) is 5.91 Å². The van der Waals surface area contributed by atoms with Crippen molar-refractivity contribution in [1.82, 2.24) is 4.90 Å². The van der Waals surface area contributed by atoms with Gasteiger partial charge in [0, 0.05) is 19.5 Å². The van der Waals surface area contributed by atoms with Crippen molar-refractivity contribution in [2.45, 2.75) is 36.7 Å². The summed E-state index contributed by atoms with van der Waals surface area (Å²) < 4.78 is 36.1. The monoisotopic (exact) mass is 431 g/mol. The van der Waals surface area contributed by atoms with Gasteiger partial charge in [-0.3, -0.25) is 4.79 Å². The summed E-state index contributed by atoms with van der Waals surface area (Å²) in [5.41, 5.74) is 0.813. The topological polar surface area (TPSA) is 72.9 Å². The second-order valence-corrected chi connectivity index (χ2v) is 9.78. The van der Waals surface area contributed by atoms with E-state index in [1.807, 2.05) is 54.6 Å². The zero-order chi connectivity index (χ0) is 21.4. The van der Waals surface area contributed by atoms with Crippen molar-refractivity contribution in [2.24, 2.45) is 0 Å². The number of nitrogens with zero attached hydrogens (tertiary/aromatic N) is 1. The quantitative estimate of drug-likeness (QED) is 0.569. The third-order valence-electron chi connectivity index (χ3n) is 5.38. The number of sulfone groups is 1. The molecule has 1 aliphatic heterocycles. The minimum absolute atomic E-state index is 0.0623. The van der Waals surface area contributed by atoms with Crippen LogP contribution in [-0.2, 0) is 20.4 Å². The SMILES string of the molecule is COc1ccc(OCCCC(=O)N2CCC(S(=O)(=O)Cc3ccccc3)CC2)cc1. The molecule has 2 aromatic rings. The second kappa shape index (κ2) is 10.5. The molecule has 3 rings (SSSR count). The molecule has 1 fully saturated rings. The Morgan fingerprint density at radius 3 is 2.27 bits per heavy atom. The standard InChI is InChI=1S/C23H29NO5S/c1-28-20-9-11-21(12-10-20)29-17-5-8-23(25)24-15-13-22(14-16-24)30(26,27)18-19-6-3-2-4-7-19/h2-4,6-7,9-12,22H,5,8,13-18H2,1H3. The van der Waals surface area contributed by atoms with Crippen LogP contribution in [0.3, 0.4) is 0 Å². The molecule has 0 unspecified atom stereocenters. The molecule has 0 aliphatic carbocycles. The van der Waals surface area contributed by atoms with E-state index in [1.54, 1.807) is 12.0 Å². The fourth-order valence-electron chi connectivity index (χ4n) is 3.63. The Hall–Kier alpha value is -2.54. The highest BCUT2D eigenvalue weighted by Gasteiger charge is 2.31. The van der Waals surface area contributed by atoms with E-state index in [2.05, 4.69) is 0 Å². The summed E-state index contributed by atoms with van der Waals surface area (Å²) in [6, 6.07) is 16.6. The number of carbonyl (C=O) groups is 1. The number of rotatable bonds is 9. The van der Waals surface area contributed by atoms with Crippen molar-refractivity contribution < 1.29 is 22.7 Å². The smallest absolute Gasteiger partial charge is 0.222 e. The molecule has 7 heteroatoms. The maximum absolute atomic E-state index is 12.7. The fraction of sp³-hybridized carbons (Fsp3) is 0.435. The molecule has 6 nitrogen and oxygen atoms in total. The summed E-state index contributed by atoms with van der Waals surface area (Å²) in [6.07, 6.45) is 2.03. The summed E-state index contributed by atoms with van der Waals surface area (Å²) in [4.78, 5) is 14.2. The summed E-state index contributed by atoms with van der Waals surface area (Å²) in [5, 5.41) is -0.375. The second-order valence-electron chi connectivity index (χ2n) is 7.50. The highest BCUT2D eigenvalue weighted by molar-refractivity contribution is 7.91. The molecule has 0 N–H and O–H groups in total. The lowest BCUT2D eigenvalue weighted by molar-refractivity contribution is -0.132. The average molecular weight is 432 g/mol. The number of hydrogen-bond acceptors (Lipinski definition) is 5. The molecular weight excluding hydrogens is 402 g/mol. The molecule has 1 heterocycles. The van der Waals surface area contributed by atoms with Gasteiger partial charge in [-0.1, -0.05) is 30.3 Å². The number of amides is 1. The minimum Gasteiger partial charge on any atom is -0.497 e. The number of piperidine rings is 1. The van der Waals surface area contributed by atoms with Crippen LogP contribution in [-0.4, -0.2) is 51.3 Å². The predicted molar refractivity (Wildman–Crippen MR) is 116 cm³/mol. The van der Waals surface area contributed by atoms with Gasteiger partial charge >= 0.3 is 0 Å². The number of likely N-dealkylation sites (tertiary alicyclic amines) is 1. The van der Waals surface area contributed by atoms with Gasteiger partial charge in [-0.05, 0) is 49.1 Å². The van der Waals surface area contributed by atoms with E-state index in [4.69, 9.17) is 9.47 Å². The van der Waals surface area contributed by atoms with Crippen molar-refractivity contribution in [3.63, 3.8) is 0 Å². The summed E-state index contributed by atoms with van der Waals surface area (Å²) >= 11 is 0. The van der Waals surface area contributed by atoms with Gasteiger partial charge in [0.15, 0.2) is 9.84 Å². The zero-order valence-corrected chi connectivity index (χ0v) is 18.1. The van der Waals surface area contributed by atoms with Crippen LogP contribution in [0.2, 0.25) is 0 Å². The molecule has 1 aliphatic rings. The lowest BCUT2D eigenvalue weighted by Crippen LogP contribution is -2.42. The lowest BCUT2D eigenvalue weighted by atomic mass is 10.1. The number of benzene rings is 2. The van der Waals surface area contributed by atoms with E-state index in [0.717, 1.165) is 17.1 Å². The first kappa shape index (κ1) is 22.2. The largest absolute Gasteiger partial charge is 0.497 e. The fourth-order valence-corrected chi connectivity index (χ4v) is 5.45. The van der Waals surface area contributed by atoms with Crippen LogP contribution < -0.4 is 9.47 Å². The third kappa shape index (κ3) is 6.23. The Morgan fingerprint density at radius 1 is 1.00 bits per heavy atom. The van der Waals surface area contributed by atoms with Gasteiger partial charge in [0.05, 0.1) is 24.7 Å². The van der Waals surface area contributed by atoms with Crippen LogP contribution in [0, 0.1) is 0 Å². The molecule has 0 atom stereocenters. The molecule has 1 saturated heterocycles. The number of carbonyl (C=O) groups excluding carboxylic acids is 1. The summed E-state index contributed by atoms with van der Waals surface area (Å²) in [6.45, 7) is 1.45. The highest BCUT2D eigenvalue weighted by Crippen LogP contribution is 2.22. The van der Waals surface area contributed by atoms with Crippen LogP contribution in [0.4, 0.5) is 0 Å². The predicted octanol–water partition coefficient (Wildman–Crippen LogP) is 3.46. The molecule has 0 saturated carbocycles. The molecular formula is C23H29NO5S. The first-order chi connectivity index (χ1) is 14.5. The van der Waals surface area contributed by atoms with Crippen molar-refractivity contribution in [3.8, 4) is 11.5 Å². The Bertz CT molecular complexity index is 904. The maximum Gasteiger partial charge on any atom is 0.222 e. The number of ether oxygens (including phenoxy) is 2. The van der Waals surface area contributed by atoms with E-state index in [0.29, 0.717) is 45.4 Å². The highest BCUT2D eigenvalue weighted by atomic mass is 32.2. The molecule has 2 aromatic carbocycles. The molecule has 162 valence electrons. The average Bonchev–Trinajstić information content (AvgIpc) is 2.77. The van der Waals surface area contributed by atoms with Gasteiger partial charge in [0.25, 0.3) is 0 Å². The first-order valence-electron chi connectivity index (χ1n) is 10.3. The van der Waals surface area contributed by atoms with Gasteiger partial charge < -0.3 is 14.4 Å². The van der Waals surface area contributed by atoms with Crippen molar-refractivity contribution >= 4 is 15.7 Å². The minimum atomic E-state index is -3.21. The van der Waals surface area contributed by atoms with Gasteiger partial charge in [-0.15, -0.1) is 0 Å². The van der Waals surface area contributed by atoms with Gasteiger partial charge in [-0.2, -0.15) is 0 Å². The zero-order valence-electron chi connectivity index (χ0n) is 17.3. The maximum atomic E-state index is 12.7. The molecule has 0 aromatic heterocycles. The van der Waals surface area contributed by atoms with Crippen LogP contribution in [0.25, 0.3) is 0 Å². The number of methoxy groups -OCH3 is 1.